The number of benzene rings is 3. The normalized spacial score (nSPS) is 14.4. The van der Waals surface area contributed by atoms with Crippen molar-refractivity contribution < 1.29 is 17.5 Å². The van der Waals surface area contributed by atoms with Crippen molar-refractivity contribution in [2.75, 3.05) is 43.1 Å². The predicted octanol–water partition coefficient (Wildman–Crippen LogP) is 4.85. The van der Waals surface area contributed by atoms with E-state index < -0.39 is 9.84 Å². The number of fused-ring (bicyclic) bond motifs is 1. The molecule has 180 valence electrons. The maximum atomic E-state index is 13.8. The molecule has 1 aliphatic heterocycles. The van der Waals surface area contributed by atoms with Gasteiger partial charge in [0.15, 0.2) is 0 Å². The average Bonchev–Trinajstić information content (AvgIpc) is 2.88. The van der Waals surface area contributed by atoms with Crippen molar-refractivity contribution in [3.05, 3.63) is 84.3 Å². The second-order valence-corrected chi connectivity index (χ2v) is 10.5. The van der Waals surface area contributed by atoms with Gasteiger partial charge in [-0.1, -0.05) is 17.7 Å². The highest BCUT2D eigenvalue weighted by Gasteiger charge is 2.29. The van der Waals surface area contributed by atoms with Crippen LogP contribution < -0.4 is 14.5 Å². The fourth-order valence-electron chi connectivity index (χ4n) is 4.47. The number of hydrogen-bond acceptors (Lipinski definition) is 6. The number of ether oxygens (including phenoxy) is 1. The van der Waals surface area contributed by atoms with Gasteiger partial charge in [-0.3, -0.25) is 4.98 Å². The van der Waals surface area contributed by atoms with E-state index in [-0.39, 0.29) is 15.6 Å². The highest BCUT2D eigenvalue weighted by Crippen LogP contribution is 2.38. The lowest BCUT2D eigenvalue weighted by molar-refractivity contribution is 0.415. The Balaban J connectivity index is 1.58. The molecule has 35 heavy (non-hydrogen) atoms. The fraction of sp³-hybridized carbons (Fsp3) is 0.222. The molecule has 0 bridgehead atoms. The first-order valence-electron chi connectivity index (χ1n) is 11.4. The summed E-state index contributed by atoms with van der Waals surface area (Å²) in [5.74, 6) is 0.367. The molecule has 0 N–H and O–H groups in total. The maximum absolute atomic E-state index is 13.8. The lowest BCUT2D eigenvalue weighted by Crippen LogP contribution is -2.47. The molecule has 3 aromatic carbocycles. The van der Waals surface area contributed by atoms with E-state index in [0.29, 0.717) is 43.1 Å². The first-order valence-corrected chi connectivity index (χ1v) is 12.9. The summed E-state index contributed by atoms with van der Waals surface area (Å²) >= 11 is 0. The van der Waals surface area contributed by atoms with Crippen molar-refractivity contribution in [3.8, 4) is 5.75 Å². The summed E-state index contributed by atoms with van der Waals surface area (Å²) in [6, 6.07) is 18.8. The van der Waals surface area contributed by atoms with Crippen LogP contribution in [0.15, 0.2) is 82.7 Å². The zero-order chi connectivity index (χ0) is 24.6. The molecule has 0 saturated carbocycles. The lowest BCUT2D eigenvalue weighted by Gasteiger charge is -2.38. The Labute approximate surface area is 204 Å². The van der Waals surface area contributed by atoms with Gasteiger partial charge in [-0.2, -0.15) is 0 Å². The number of methoxy groups -OCH3 is 1. The summed E-state index contributed by atoms with van der Waals surface area (Å²) in [6.45, 7) is 4.47. The van der Waals surface area contributed by atoms with E-state index >= 15 is 0 Å². The molecule has 5 rings (SSSR count). The Hall–Kier alpha value is -3.65. The fourth-order valence-corrected chi connectivity index (χ4v) is 5.91. The number of piperazine rings is 1. The van der Waals surface area contributed by atoms with Crippen molar-refractivity contribution >= 4 is 32.1 Å². The van der Waals surface area contributed by atoms with Crippen LogP contribution in [0.4, 0.5) is 15.8 Å². The van der Waals surface area contributed by atoms with Crippen molar-refractivity contribution in [2.24, 2.45) is 0 Å². The zero-order valence-electron chi connectivity index (χ0n) is 19.6. The minimum atomic E-state index is -3.82. The number of hydrogen-bond donors (Lipinski definition) is 0. The van der Waals surface area contributed by atoms with Gasteiger partial charge in [0, 0.05) is 43.4 Å². The average molecular weight is 492 g/mol. The molecular formula is C27H26FN3O3S. The molecular weight excluding hydrogens is 465 g/mol. The highest BCUT2D eigenvalue weighted by atomic mass is 32.2. The predicted molar refractivity (Wildman–Crippen MR) is 136 cm³/mol. The largest absolute Gasteiger partial charge is 0.497 e. The van der Waals surface area contributed by atoms with Crippen LogP contribution in [0.1, 0.15) is 5.56 Å². The van der Waals surface area contributed by atoms with Gasteiger partial charge in [0.2, 0.25) is 9.84 Å². The van der Waals surface area contributed by atoms with Crippen LogP contribution in [0.2, 0.25) is 0 Å². The third kappa shape index (κ3) is 4.41. The smallest absolute Gasteiger partial charge is 0.210 e. The van der Waals surface area contributed by atoms with Crippen LogP contribution in [0.25, 0.3) is 10.9 Å². The van der Waals surface area contributed by atoms with Crippen molar-refractivity contribution in [1.29, 1.82) is 0 Å². The van der Waals surface area contributed by atoms with E-state index in [9.17, 15) is 12.8 Å². The molecule has 0 spiro atoms. The minimum Gasteiger partial charge on any atom is -0.497 e. The summed E-state index contributed by atoms with van der Waals surface area (Å²) in [7, 11) is -2.23. The van der Waals surface area contributed by atoms with E-state index in [0.717, 1.165) is 16.6 Å². The van der Waals surface area contributed by atoms with Crippen LogP contribution in [-0.2, 0) is 9.84 Å². The number of sulfone groups is 1. The number of anilines is 2. The SMILES string of the molecule is COc1ccc2ncc(S(=O)(=O)c3ccc(C)cc3)c(N3CCN(c4ccc(F)cc4)CC3)c2c1. The molecule has 0 radical (unpaired) electrons. The minimum absolute atomic E-state index is 0.178. The number of rotatable bonds is 5. The lowest BCUT2D eigenvalue weighted by atomic mass is 10.1. The number of aryl methyl sites for hydroxylation is 1. The van der Waals surface area contributed by atoms with Gasteiger partial charge in [-0.25, -0.2) is 12.8 Å². The summed E-state index contributed by atoms with van der Waals surface area (Å²) in [4.78, 5) is 9.17. The molecule has 0 amide bonds. The Kier molecular flexibility index (Phi) is 6.06. The third-order valence-corrected chi connectivity index (χ3v) is 8.19. The van der Waals surface area contributed by atoms with Crippen LogP contribution in [0.5, 0.6) is 5.75 Å². The van der Waals surface area contributed by atoms with Crippen LogP contribution >= 0.6 is 0 Å². The highest BCUT2D eigenvalue weighted by molar-refractivity contribution is 7.91. The molecule has 0 aliphatic carbocycles. The summed E-state index contributed by atoms with van der Waals surface area (Å²) in [5, 5.41) is 0.729. The van der Waals surface area contributed by atoms with Crippen molar-refractivity contribution in [3.63, 3.8) is 0 Å². The van der Waals surface area contributed by atoms with Crippen LogP contribution in [0.3, 0.4) is 0 Å². The van der Waals surface area contributed by atoms with Gasteiger partial charge in [0.05, 0.1) is 23.2 Å². The van der Waals surface area contributed by atoms with E-state index in [4.69, 9.17) is 4.74 Å². The van der Waals surface area contributed by atoms with Crippen LogP contribution in [0, 0.1) is 12.7 Å². The third-order valence-electron chi connectivity index (χ3n) is 6.42. The monoisotopic (exact) mass is 491 g/mol. The van der Waals surface area contributed by atoms with Gasteiger partial charge in [0.1, 0.15) is 16.5 Å². The molecule has 8 heteroatoms. The van der Waals surface area contributed by atoms with Gasteiger partial charge >= 0.3 is 0 Å². The molecule has 4 aromatic rings. The van der Waals surface area contributed by atoms with E-state index in [2.05, 4.69) is 14.8 Å². The molecule has 1 aliphatic rings. The molecule has 0 unspecified atom stereocenters. The second-order valence-electron chi connectivity index (χ2n) is 8.62. The van der Waals surface area contributed by atoms with Crippen molar-refractivity contribution in [2.45, 2.75) is 16.7 Å². The summed E-state index contributed by atoms with van der Waals surface area (Å²) in [5.41, 5.74) is 3.26. The molecule has 0 atom stereocenters. The number of pyridine rings is 1. The second kappa shape index (κ2) is 9.19. The molecule has 1 saturated heterocycles. The standard InChI is InChI=1S/C27H26FN3O3S/c1-19-3-10-23(11-4-19)35(32,33)26-18-29-25-12-9-22(34-2)17-24(25)27(26)31-15-13-30(14-16-31)21-7-5-20(28)6-8-21/h3-12,17-18H,13-16H2,1-2H3. The zero-order valence-corrected chi connectivity index (χ0v) is 20.4. The number of aromatic nitrogens is 1. The Morgan fingerprint density at radius 1 is 0.886 bits per heavy atom. The van der Waals surface area contributed by atoms with E-state index in [1.807, 2.05) is 25.1 Å². The Bertz CT molecular complexity index is 1460. The Morgan fingerprint density at radius 3 is 2.20 bits per heavy atom. The quantitative estimate of drug-likeness (QED) is 0.398. The van der Waals surface area contributed by atoms with E-state index in [1.165, 1.54) is 18.3 Å². The molecule has 1 fully saturated rings. The van der Waals surface area contributed by atoms with E-state index in [1.54, 1.807) is 43.5 Å². The Morgan fingerprint density at radius 2 is 1.54 bits per heavy atom. The number of halogens is 1. The van der Waals surface area contributed by atoms with Crippen LogP contribution in [-0.4, -0.2) is 46.7 Å². The topological polar surface area (TPSA) is 62.7 Å². The van der Waals surface area contributed by atoms with Gasteiger partial charge in [-0.15, -0.1) is 0 Å². The molecule has 2 heterocycles. The van der Waals surface area contributed by atoms with Gasteiger partial charge in [-0.05, 0) is 61.5 Å². The summed E-state index contributed by atoms with van der Waals surface area (Å²) < 4.78 is 46.4. The van der Waals surface area contributed by atoms with Gasteiger partial charge < -0.3 is 14.5 Å². The maximum Gasteiger partial charge on any atom is 0.210 e. The first kappa shape index (κ1) is 23.1. The van der Waals surface area contributed by atoms with Gasteiger partial charge in [0.25, 0.3) is 0 Å². The molecule has 6 nitrogen and oxygen atoms in total. The first-order chi connectivity index (χ1) is 16.9. The van der Waals surface area contributed by atoms with Crippen molar-refractivity contribution in [1.82, 2.24) is 4.98 Å². The molecule has 1 aromatic heterocycles. The summed E-state index contributed by atoms with van der Waals surface area (Å²) in [6.07, 6.45) is 1.46. The number of nitrogens with zero attached hydrogens (tertiary/aromatic N) is 3.